The first-order valence-corrected chi connectivity index (χ1v) is 9.70. The molecule has 0 amide bonds. The Labute approximate surface area is 156 Å². The van der Waals surface area contributed by atoms with Crippen LogP contribution in [0.1, 0.15) is 36.1 Å². The molecule has 1 N–H and O–H groups in total. The van der Waals surface area contributed by atoms with Crippen LogP contribution in [-0.2, 0) is 19.4 Å². The van der Waals surface area contributed by atoms with E-state index in [0.717, 1.165) is 49.5 Å². The van der Waals surface area contributed by atoms with E-state index in [9.17, 15) is 4.39 Å². The van der Waals surface area contributed by atoms with Crippen molar-refractivity contribution < 1.29 is 9.13 Å². The highest BCUT2D eigenvalue weighted by Gasteiger charge is 2.22. The molecular formula is C22H29FN2O. The van der Waals surface area contributed by atoms with Crippen molar-refractivity contribution in [3.63, 3.8) is 0 Å². The van der Waals surface area contributed by atoms with E-state index >= 15 is 0 Å². The van der Waals surface area contributed by atoms with E-state index in [1.807, 2.05) is 39.0 Å². The molecule has 2 aromatic carbocycles. The summed E-state index contributed by atoms with van der Waals surface area (Å²) in [6.07, 6.45) is 2.08. The highest BCUT2D eigenvalue weighted by atomic mass is 19.1. The number of anilines is 1. The molecule has 2 heterocycles. The maximum Gasteiger partial charge on any atom is 0.142 e. The highest BCUT2D eigenvalue weighted by molar-refractivity contribution is 5.63. The molecule has 3 nitrogen and oxygen atoms in total. The maximum absolute atomic E-state index is 14.4. The molecule has 0 spiro atoms. The zero-order valence-electron chi connectivity index (χ0n) is 16.1. The van der Waals surface area contributed by atoms with E-state index in [1.165, 1.54) is 11.1 Å². The number of rotatable bonds is 2. The van der Waals surface area contributed by atoms with Crippen LogP contribution >= 0.6 is 0 Å². The smallest absolute Gasteiger partial charge is 0.142 e. The minimum absolute atomic E-state index is 0.0931. The predicted molar refractivity (Wildman–Crippen MR) is 106 cm³/mol. The minimum Gasteiger partial charge on any atom is -0.490 e. The average Bonchev–Trinajstić information content (AvgIpc) is 2.90. The van der Waals surface area contributed by atoms with Gasteiger partial charge in [0.1, 0.15) is 18.2 Å². The fraction of sp³-hybridized carbons (Fsp3) is 0.455. The number of halogens is 1. The van der Waals surface area contributed by atoms with Crippen molar-refractivity contribution in [3.05, 3.63) is 58.4 Å². The summed E-state index contributed by atoms with van der Waals surface area (Å²) in [5, 5.41) is 3.45. The van der Waals surface area contributed by atoms with Crippen molar-refractivity contribution in [2.45, 2.75) is 40.2 Å². The lowest BCUT2D eigenvalue weighted by molar-refractivity contribution is 0.306. The lowest BCUT2D eigenvalue weighted by Gasteiger charge is -2.32. The zero-order chi connectivity index (χ0) is 18.5. The number of hydrogen-bond donors (Lipinski definition) is 1. The van der Waals surface area contributed by atoms with Crippen molar-refractivity contribution in [3.8, 4) is 5.75 Å². The number of ether oxygens (including phenoxy) is 1. The van der Waals surface area contributed by atoms with E-state index in [1.54, 1.807) is 0 Å². The fourth-order valence-electron chi connectivity index (χ4n) is 3.64. The van der Waals surface area contributed by atoms with E-state index in [-0.39, 0.29) is 5.82 Å². The third-order valence-electron chi connectivity index (χ3n) is 5.02. The Kier molecular flexibility index (Phi) is 6.15. The molecule has 0 saturated heterocycles. The van der Waals surface area contributed by atoms with Crippen LogP contribution < -0.4 is 15.0 Å². The Morgan fingerprint density at radius 2 is 1.85 bits per heavy atom. The van der Waals surface area contributed by atoms with Crippen LogP contribution in [0.5, 0.6) is 5.75 Å². The van der Waals surface area contributed by atoms with Gasteiger partial charge >= 0.3 is 0 Å². The van der Waals surface area contributed by atoms with Crippen LogP contribution in [0.2, 0.25) is 0 Å². The molecular weight excluding hydrogens is 327 g/mol. The number of hydrogen-bond acceptors (Lipinski definition) is 3. The Hall–Kier alpha value is -2.07. The van der Waals surface area contributed by atoms with E-state index < -0.39 is 0 Å². The largest absolute Gasteiger partial charge is 0.490 e. The number of nitrogens with zero attached hydrogens (tertiary/aromatic N) is 1. The number of aryl methyl sites for hydroxylation is 1. The highest BCUT2D eigenvalue weighted by Crippen LogP contribution is 2.36. The molecule has 4 rings (SSSR count). The fourth-order valence-corrected chi connectivity index (χ4v) is 3.64. The van der Waals surface area contributed by atoms with Crippen LogP contribution in [0.15, 0.2) is 30.3 Å². The Bertz CT molecular complexity index is 760. The molecule has 140 valence electrons. The summed E-state index contributed by atoms with van der Waals surface area (Å²) in [4.78, 5) is 2.25. The summed E-state index contributed by atoms with van der Waals surface area (Å²) < 4.78 is 20.3. The SMILES string of the molecule is CC.Cc1cccc(CN2CCOc3cc4c(cc32)CCNCC4)c1F. The summed E-state index contributed by atoms with van der Waals surface area (Å²) in [6, 6.07) is 10.1. The molecule has 0 aliphatic carbocycles. The van der Waals surface area contributed by atoms with Crippen molar-refractivity contribution in [1.82, 2.24) is 5.32 Å². The maximum atomic E-state index is 14.4. The summed E-state index contributed by atoms with van der Waals surface area (Å²) in [5.74, 6) is 0.847. The lowest BCUT2D eigenvalue weighted by atomic mass is 10.00. The molecule has 0 aromatic heterocycles. The molecule has 0 bridgehead atoms. The summed E-state index contributed by atoms with van der Waals surface area (Å²) in [6.45, 7) is 9.87. The molecule has 0 unspecified atom stereocenters. The van der Waals surface area contributed by atoms with Gasteiger partial charge in [0, 0.05) is 12.1 Å². The van der Waals surface area contributed by atoms with Gasteiger partial charge in [0.2, 0.25) is 0 Å². The summed E-state index contributed by atoms with van der Waals surface area (Å²) >= 11 is 0. The topological polar surface area (TPSA) is 24.5 Å². The second-order valence-electron chi connectivity index (χ2n) is 6.66. The third kappa shape index (κ3) is 3.85. The molecule has 0 atom stereocenters. The number of nitrogens with one attached hydrogen (secondary N) is 1. The van der Waals surface area contributed by atoms with Crippen molar-refractivity contribution in [2.75, 3.05) is 31.1 Å². The zero-order valence-corrected chi connectivity index (χ0v) is 16.1. The quantitative estimate of drug-likeness (QED) is 0.871. The molecule has 0 radical (unpaired) electrons. The molecule has 0 fully saturated rings. The second kappa shape index (κ2) is 8.54. The Morgan fingerprint density at radius 3 is 2.62 bits per heavy atom. The number of benzene rings is 2. The monoisotopic (exact) mass is 356 g/mol. The van der Waals surface area contributed by atoms with Crippen LogP contribution in [0.4, 0.5) is 10.1 Å². The molecule has 0 saturated carbocycles. The van der Waals surface area contributed by atoms with Gasteiger partial charge in [-0.25, -0.2) is 4.39 Å². The minimum atomic E-state index is -0.0931. The van der Waals surface area contributed by atoms with Crippen molar-refractivity contribution >= 4 is 5.69 Å². The summed E-state index contributed by atoms with van der Waals surface area (Å²) in [5.41, 5.74) is 5.32. The van der Waals surface area contributed by atoms with Gasteiger partial charge < -0.3 is 15.0 Å². The van der Waals surface area contributed by atoms with Crippen LogP contribution in [0, 0.1) is 12.7 Å². The van der Waals surface area contributed by atoms with E-state index in [4.69, 9.17) is 4.74 Å². The summed E-state index contributed by atoms with van der Waals surface area (Å²) in [7, 11) is 0. The van der Waals surface area contributed by atoms with Crippen molar-refractivity contribution in [2.24, 2.45) is 0 Å². The van der Waals surface area contributed by atoms with Gasteiger partial charge in [0.15, 0.2) is 0 Å². The van der Waals surface area contributed by atoms with Gasteiger partial charge in [-0.1, -0.05) is 32.0 Å². The third-order valence-corrected chi connectivity index (χ3v) is 5.02. The molecule has 26 heavy (non-hydrogen) atoms. The van der Waals surface area contributed by atoms with Crippen LogP contribution in [0.25, 0.3) is 0 Å². The molecule has 2 aromatic rings. The van der Waals surface area contributed by atoms with E-state index in [2.05, 4.69) is 22.3 Å². The van der Waals surface area contributed by atoms with Gasteiger partial charge in [-0.2, -0.15) is 0 Å². The lowest BCUT2D eigenvalue weighted by Crippen LogP contribution is -2.32. The Morgan fingerprint density at radius 1 is 1.12 bits per heavy atom. The van der Waals surface area contributed by atoms with Gasteiger partial charge in [0.25, 0.3) is 0 Å². The second-order valence-corrected chi connectivity index (χ2v) is 6.66. The Balaban J connectivity index is 0.000000948. The normalized spacial score (nSPS) is 15.8. The van der Waals surface area contributed by atoms with Gasteiger partial charge in [-0.15, -0.1) is 0 Å². The van der Waals surface area contributed by atoms with Crippen molar-refractivity contribution in [1.29, 1.82) is 0 Å². The molecule has 4 heteroatoms. The van der Waals surface area contributed by atoms with Crippen LogP contribution in [0.3, 0.4) is 0 Å². The van der Waals surface area contributed by atoms with Crippen LogP contribution in [-0.4, -0.2) is 26.2 Å². The van der Waals surface area contributed by atoms with E-state index in [0.29, 0.717) is 18.7 Å². The first kappa shape index (κ1) is 18.7. The number of fused-ring (bicyclic) bond motifs is 2. The molecule has 2 aliphatic rings. The first-order chi connectivity index (χ1) is 12.7. The standard InChI is InChI=1S/C20H23FN2O.C2H6/c1-14-3-2-4-17(20(14)21)13-23-9-10-24-19-12-16-6-8-22-7-5-15(16)11-18(19)23;1-2/h2-4,11-12,22H,5-10,13H2,1H3;1-2H3. The molecule has 2 aliphatic heterocycles. The first-order valence-electron chi connectivity index (χ1n) is 9.70. The van der Waals surface area contributed by atoms with Gasteiger partial charge in [-0.3, -0.25) is 0 Å². The predicted octanol–water partition coefficient (Wildman–Crippen LogP) is 4.25. The van der Waals surface area contributed by atoms with Gasteiger partial charge in [0.05, 0.1) is 12.2 Å². The van der Waals surface area contributed by atoms with Gasteiger partial charge in [-0.05, 0) is 61.7 Å². The average molecular weight is 356 g/mol.